The first kappa shape index (κ1) is 15.3. The van der Waals surface area contributed by atoms with Crippen LogP contribution in [0.4, 0.5) is 4.79 Å². The Hall–Kier alpha value is -1.70. The van der Waals surface area contributed by atoms with Crippen molar-refractivity contribution in [2.75, 3.05) is 13.6 Å². The summed E-state index contributed by atoms with van der Waals surface area (Å²) in [7, 11) is 1.64. The Bertz CT molecular complexity index is 297. The fraction of sp³-hybridized carbons (Fsp3) is 0.667. The molecule has 5 heteroatoms. The van der Waals surface area contributed by atoms with Gasteiger partial charge in [0.25, 0.3) is 0 Å². The summed E-state index contributed by atoms with van der Waals surface area (Å²) in [5.74, 6) is 1.66. The van der Waals surface area contributed by atoms with Crippen LogP contribution in [0, 0.1) is 12.3 Å². The van der Waals surface area contributed by atoms with Gasteiger partial charge in [0.1, 0.15) is 0 Å². The van der Waals surface area contributed by atoms with Crippen LogP contribution in [0.25, 0.3) is 0 Å². The zero-order valence-corrected chi connectivity index (χ0v) is 10.4. The lowest BCUT2D eigenvalue weighted by Gasteiger charge is -2.21. The van der Waals surface area contributed by atoms with Crippen molar-refractivity contribution in [3.8, 4) is 12.3 Å². The molecule has 17 heavy (non-hydrogen) atoms. The van der Waals surface area contributed by atoms with Crippen LogP contribution in [-0.2, 0) is 4.79 Å². The first-order valence-electron chi connectivity index (χ1n) is 5.68. The van der Waals surface area contributed by atoms with Crippen molar-refractivity contribution < 1.29 is 14.7 Å². The molecule has 2 N–H and O–H groups in total. The fourth-order valence-electron chi connectivity index (χ4n) is 1.29. The lowest BCUT2D eigenvalue weighted by Crippen LogP contribution is -2.43. The lowest BCUT2D eigenvalue weighted by atomic mass is 10.1. The van der Waals surface area contributed by atoms with Crippen LogP contribution < -0.4 is 5.32 Å². The summed E-state index contributed by atoms with van der Waals surface area (Å²) < 4.78 is 0. The van der Waals surface area contributed by atoms with Crippen LogP contribution in [0.15, 0.2) is 0 Å². The van der Waals surface area contributed by atoms with E-state index in [1.807, 2.05) is 6.92 Å². The topological polar surface area (TPSA) is 69.6 Å². The summed E-state index contributed by atoms with van der Waals surface area (Å²) in [6.07, 6.45) is 6.99. The zero-order chi connectivity index (χ0) is 13.3. The van der Waals surface area contributed by atoms with Gasteiger partial charge in [0, 0.05) is 32.5 Å². The standard InChI is InChI=1S/C12H20N2O3/c1-4-7-10(5-2)13-12(17)14(3)9-6-8-11(15)16/h1,10H,5-9H2,2-3H3,(H,13,17)(H,15,16). The van der Waals surface area contributed by atoms with E-state index in [2.05, 4.69) is 11.2 Å². The van der Waals surface area contributed by atoms with Crippen LogP contribution in [0.5, 0.6) is 0 Å². The summed E-state index contributed by atoms with van der Waals surface area (Å²) in [5, 5.41) is 11.3. The second-order valence-electron chi connectivity index (χ2n) is 3.88. The van der Waals surface area contributed by atoms with Crippen molar-refractivity contribution in [2.45, 2.75) is 38.6 Å². The van der Waals surface area contributed by atoms with Crippen molar-refractivity contribution in [3.05, 3.63) is 0 Å². The molecule has 0 rings (SSSR count). The van der Waals surface area contributed by atoms with Gasteiger partial charge >= 0.3 is 12.0 Å². The molecule has 0 aromatic rings. The van der Waals surface area contributed by atoms with E-state index >= 15 is 0 Å². The Morgan fingerprint density at radius 3 is 2.65 bits per heavy atom. The number of carbonyl (C=O) groups is 2. The van der Waals surface area contributed by atoms with Crippen molar-refractivity contribution in [3.63, 3.8) is 0 Å². The van der Waals surface area contributed by atoms with Gasteiger partial charge in [-0.15, -0.1) is 12.3 Å². The summed E-state index contributed by atoms with van der Waals surface area (Å²) in [6.45, 7) is 2.37. The smallest absolute Gasteiger partial charge is 0.317 e. The predicted octanol–water partition coefficient (Wildman–Crippen LogP) is 1.29. The van der Waals surface area contributed by atoms with Crippen molar-refractivity contribution in [1.82, 2.24) is 10.2 Å². The van der Waals surface area contributed by atoms with E-state index in [1.165, 1.54) is 4.90 Å². The van der Waals surface area contributed by atoms with E-state index in [0.29, 0.717) is 19.4 Å². The van der Waals surface area contributed by atoms with Gasteiger partial charge in [0.2, 0.25) is 0 Å². The minimum Gasteiger partial charge on any atom is -0.481 e. The molecule has 0 spiro atoms. The second kappa shape index (κ2) is 8.45. The number of hydrogen-bond donors (Lipinski definition) is 2. The lowest BCUT2D eigenvalue weighted by molar-refractivity contribution is -0.137. The number of nitrogens with zero attached hydrogens (tertiary/aromatic N) is 1. The van der Waals surface area contributed by atoms with Crippen molar-refractivity contribution in [1.29, 1.82) is 0 Å². The molecule has 0 aliphatic carbocycles. The van der Waals surface area contributed by atoms with Gasteiger partial charge in [-0.05, 0) is 12.8 Å². The summed E-state index contributed by atoms with van der Waals surface area (Å²) >= 11 is 0. The average molecular weight is 240 g/mol. The highest BCUT2D eigenvalue weighted by Gasteiger charge is 2.13. The number of terminal acetylenes is 1. The Morgan fingerprint density at radius 1 is 1.53 bits per heavy atom. The number of rotatable bonds is 7. The van der Waals surface area contributed by atoms with E-state index in [-0.39, 0.29) is 18.5 Å². The Morgan fingerprint density at radius 2 is 2.18 bits per heavy atom. The highest BCUT2D eigenvalue weighted by molar-refractivity contribution is 5.74. The third-order valence-corrected chi connectivity index (χ3v) is 2.42. The molecular formula is C12H20N2O3. The number of carboxylic acid groups (broad SMARTS) is 1. The first-order chi connectivity index (χ1) is 8.01. The minimum absolute atomic E-state index is 0.0191. The number of amides is 2. The highest BCUT2D eigenvalue weighted by atomic mass is 16.4. The molecule has 0 aliphatic heterocycles. The van der Waals surface area contributed by atoms with E-state index in [4.69, 9.17) is 11.5 Å². The fourth-order valence-corrected chi connectivity index (χ4v) is 1.29. The van der Waals surface area contributed by atoms with Crippen LogP contribution >= 0.6 is 0 Å². The quantitative estimate of drug-likeness (QED) is 0.659. The first-order valence-corrected chi connectivity index (χ1v) is 5.68. The van der Waals surface area contributed by atoms with Crippen LogP contribution in [0.3, 0.4) is 0 Å². The number of carboxylic acids is 1. The summed E-state index contributed by atoms with van der Waals surface area (Å²) in [5.41, 5.74) is 0. The highest BCUT2D eigenvalue weighted by Crippen LogP contribution is 1.99. The summed E-state index contributed by atoms with van der Waals surface area (Å²) in [6, 6.07) is -0.230. The van der Waals surface area contributed by atoms with E-state index in [0.717, 1.165) is 6.42 Å². The third kappa shape index (κ3) is 7.23. The molecule has 2 amide bonds. The molecule has 0 bridgehead atoms. The third-order valence-electron chi connectivity index (χ3n) is 2.42. The molecule has 0 radical (unpaired) electrons. The molecular weight excluding hydrogens is 220 g/mol. The molecule has 0 aromatic carbocycles. The van der Waals surface area contributed by atoms with Gasteiger partial charge in [-0.25, -0.2) is 4.79 Å². The van der Waals surface area contributed by atoms with Gasteiger partial charge in [-0.3, -0.25) is 4.79 Å². The van der Waals surface area contributed by atoms with Gasteiger partial charge < -0.3 is 15.3 Å². The van der Waals surface area contributed by atoms with Gasteiger partial charge in [-0.2, -0.15) is 0 Å². The molecule has 0 aliphatic rings. The van der Waals surface area contributed by atoms with Crippen LogP contribution in [-0.4, -0.2) is 41.6 Å². The van der Waals surface area contributed by atoms with E-state index in [9.17, 15) is 9.59 Å². The molecule has 0 saturated carbocycles. The molecule has 0 aromatic heterocycles. The number of nitrogens with one attached hydrogen (secondary N) is 1. The predicted molar refractivity (Wildman–Crippen MR) is 65.6 cm³/mol. The Labute approximate surface area is 102 Å². The van der Waals surface area contributed by atoms with Crippen molar-refractivity contribution in [2.24, 2.45) is 0 Å². The molecule has 1 atom stereocenters. The van der Waals surface area contributed by atoms with Crippen LogP contribution in [0.2, 0.25) is 0 Å². The molecule has 5 nitrogen and oxygen atoms in total. The molecule has 0 heterocycles. The van der Waals surface area contributed by atoms with Gasteiger partial charge in [-0.1, -0.05) is 6.92 Å². The van der Waals surface area contributed by atoms with Gasteiger partial charge in [0.05, 0.1) is 0 Å². The molecule has 0 saturated heterocycles. The normalized spacial score (nSPS) is 11.4. The molecule has 0 fully saturated rings. The van der Waals surface area contributed by atoms with E-state index < -0.39 is 5.97 Å². The maximum atomic E-state index is 11.7. The zero-order valence-electron chi connectivity index (χ0n) is 10.4. The van der Waals surface area contributed by atoms with Crippen LogP contribution in [0.1, 0.15) is 32.6 Å². The number of aliphatic carboxylic acids is 1. The number of urea groups is 1. The minimum atomic E-state index is -0.849. The number of hydrogen-bond acceptors (Lipinski definition) is 2. The van der Waals surface area contributed by atoms with Gasteiger partial charge in [0.15, 0.2) is 0 Å². The van der Waals surface area contributed by atoms with E-state index in [1.54, 1.807) is 7.05 Å². The largest absolute Gasteiger partial charge is 0.481 e. The Kier molecular flexibility index (Phi) is 7.61. The molecule has 1 unspecified atom stereocenters. The SMILES string of the molecule is C#CCC(CC)NC(=O)N(C)CCCC(=O)O. The Balaban J connectivity index is 3.95. The molecule has 96 valence electrons. The summed E-state index contributed by atoms with van der Waals surface area (Å²) in [4.78, 5) is 23.5. The number of carbonyl (C=O) groups excluding carboxylic acids is 1. The second-order valence-corrected chi connectivity index (χ2v) is 3.88. The maximum Gasteiger partial charge on any atom is 0.317 e. The van der Waals surface area contributed by atoms with Crippen molar-refractivity contribution >= 4 is 12.0 Å². The monoisotopic (exact) mass is 240 g/mol. The maximum absolute atomic E-state index is 11.7. The average Bonchev–Trinajstić information content (AvgIpc) is 2.27.